The Labute approximate surface area is 66.5 Å². The summed E-state index contributed by atoms with van der Waals surface area (Å²) in [7, 11) is 0. The summed E-state index contributed by atoms with van der Waals surface area (Å²) in [6.45, 7) is 2.44. The predicted octanol–water partition coefficient (Wildman–Crippen LogP) is -0.133. The van der Waals surface area contributed by atoms with Gasteiger partial charge in [-0.2, -0.15) is 0 Å². The molecule has 0 saturated heterocycles. The van der Waals surface area contributed by atoms with E-state index < -0.39 is 6.23 Å². The Hall–Kier alpha value is -0.610. The van der Waals surface area contributed by atoms with Gasteiger partial charge in [-0.15, -0.1) is 0 Å². The number of amides is 1. The summed E-state index contributed by atoms with van der Waals surface area (Å²) in [4.78, 5) is 9.90. The minimum Gasteiger partial charge on any atom is -0.392 e. The molecule has 0 saturated carbocycles. The molecule has 66 valence electrons. The number of carbonyl (C=O) groups excluding carboxylic acids is 1. The third-order valence-electron chi connectivity index (χ3n) is 1.24. The zero-order valence-electron chi connectivity index (χ0n) is 6.75. The summed E-state index contributed by atoms with van der Waals surface area (Å²) in [5.74, 6) is 0. The van der Waals surface area contributed by atoms with Crippen molar-refractivity contribution in [2.75, 3.05) is 13.2 Å². The number of hydrogen-bond acceptors (Lipinski definition) is 3. The molecular formula is C7H15NO3. The van der Waals surface area contributed by atoms with E-state index in [0.29, 0.717) is 13.0 Å². The van der Waals surface area contributed by atoms with Crippen molar-refractivity contribution in [3.8, 4) is 0 Å². The summed E-state index contributed by atoms with van der Waals surface area (Å²) < 4.78 is 5.08. The van der Waals surface area contributed by atoms with Crippen LogP contribution < -0.4 is 5.32 Å². The number of ether oxygens (including phenoxy) is 1. The van der Waals surface area contributed by atoms with E-state index in [1.165, 1.54) is 0 Å². The number of hydrogen-bond donors (Lipinski definition) is 2. The first-order valence-electron chi connectivity index (χ1n) is 3.77. The van der Waals surface area contributed by atoms with Gasteiger partial charge < -0.3 is 15.2 Å². The molecule has 0 aromatic heterocycles. The first-order valence-corrected chi connectivity index (χ1v) is 3.77. The van der Waals surface area contributed by atoms with E-state index in [4.69, 9.17) is 9.84 Å². The topological polar surface area (TPSA) is 58.6 Å². The van der Waals surface area contributed by atoms with E-state index in [2.05, 4.69) is 5.32 Å². The van der Waals surface area contributed by atoms with Crippen molar-refractivity contribution in [2.45, 2.75) is 26.0 Å². The van der Waals surface area contributed by atoms with Crippen molar-refractivity contribution in [3.05, 3.63) is 0 Å². The maximum atomic E-state index is 9.90. The molecule has 0 spiro atoms. The lowest BCUT2D eigenvalue weighted by molar-refractivity contribution is -0.115. The number of nitrogens with one attached hydrogen (secondary N) is 1. The Kier molecular flexibility index (Phi) is 7.08. The molecule has 4 heteroatoms. The van der Waals surface area contributed by atoms with Crippen molar-refractivity contribution in [1.82, 2.24) is 5.32 Å². The zero-order valence-corrected chi connectivity index (χ0v) is 6.75. The van der Waals surface area contributed by atoms with Crippen LogP contribution in [-0.4, -0.2) is 31.0 Å². The minimum absolute atomic E-state index is 0.178. The fraction of sp³-hybridized carbons (Fsp3) is 0.857. The molecule has 2 N–H and O–H groups in total. The molecule has 0 bridgehead atoms. The molecule has 1 amide bonds. The molecule has 1 atom stereocenters. The maximum absolute atomic E-state index is 9.90. The molecular weight excluding hydrogens is 146 g/mol. The van der Waals surface area contributed by atoms with Gasteiger partial charge in [0, 0.05) is 6.61 Å². The molecule has 11 heavy (non-hydrogen) atoms. The second kappa shape index (κ2) is 7.50. The molecule has 4 nitrogen and oxygen atoms in total. The highest BCUT2D eigenvalue weighted by molar-refractivity contribution is 5.46. The minimum atomic E-state index is -0.543. The van der Waals surface area contributed by atoms with E-state index in [9.17, 15) is 4.79 Å². The van der Waals surface area contributed by atoms with Crippen LogP contribution in [0.2, 0.25) is 0 Å². The van der Waals surface area contributed by atoms with Crippen LogP contribution in [0.4, 0.5) is 0 Å². The van der Waals surface area contributed by atoms with Crippen LogP contribution in [0.5, 0.6) is 0 Å². The molecule has 0 aliphatic heterocycles. The van der Waals surface area contributed by atoms with Gasteiger partial charge in [0.1, 0.15) is 0 Å². The normalized spacial score (nSPS) is 12.5. The van der Waals surface area contributed by atoms with Crippen LogP contribution in [0.15, 0.2) is 0 Å². The van der Waals surface area contributed by atoms with Crippen molar-refractivity contribution in [1.29, 1.82) is 0 Å². The lowest BCUT2D eigenvalue weighted by Gasteiger charge is -2.13. The molecule has 0 fully saturated rings. The highest BCUT2D eigenvalue weighted by atomic mass is 16.5. The lowest BCUT2D eigenvalue weighted by Crippen LogP contribution is -2.34. The standard InChI is InChI=1S/C7H15NO3/c1-2-3-4-11-7(5-9)8-6-10/h6-7,9H,2-5H2,1H3,(H,8,10). The van der Waals surface area contributed by atoms with Gasteiger partial charge in [-0.25, -0.2) is 0 Å². The molecule has 1 unspecified atom stereocenters. The van der Waals surface area contributed by atoms with E-state index >= 15 is 0 Å². The predicted molar refractivity (Wildman–Crippen MR) is 40.9 cm³/mol. The SMILES string of the molecule is CCCCOC(CO)NC=O. The second-order valence-corrected chi connectivity index (χ2v) is 2.18. The van der Waals surface area contributed by atoms with Crippen molar-refractivity contribution >= 4 is 6.41 Å². The lowest BCUT2D eigenvalue weighted by atomic mass is 10.4. The number of aliphatic hydroxyl groups excluding tert-OH is 1. The van der Waals surface area contributed by atoms with Gasteiger partial charge in [-0.1, -0.05) is 13.3 Å². The Morgan fingerprint density at radius 2 is 2.45 bits per heavy atom. The number of aliphatic hydroxyl groups is 1. The highest BCUT2D eigenvalue weighted by Crippen LogP contribution is 1.91. The van der Waals surface area contributed by atoms with Gasteiger partial charge in [0.15, 0.2) is 6.23 Å². The maximum Gasteiger partial charge on any atom is 0.209 e. The Bertz CT molecular complexity index is 97.7. The Morgan fingerprint density at radius 3 is 2.91 bits per heavy atom. The third kappa shape index (κ3) is 5.82. The molecule has 0 aromatic carbocycles. The summed E-state index contributed by atoms with van der Waals surface area (Å²) >= 11 is 0. The first-order chi connectivity index (χ1) is 5.35. The van der Waals surface area contributed by atoms with Crippen LogP contribution in [-0.2, 0) is 9.53 Å². The van der Waals surface area contributed by atoms with Gasteiger partial charge in [0.05, 0.1) is 6.61 Å². The van der Waals surface area contributed by atoms with E-state index in [1.807, 2.05) is 6.92 Å². The van der Waals surface area contributed by atoms with Crippen molar-refractivity contribution < 1.29 is 14.6 Å². The first kappa shape index (κ1) is 10.4. The number of carbonyl (C=O) groups is 1. The second-order valence-electron chi connectivity index (χ2n) is 2.18. The Morgan fingerprint density at radius 1 is 1.73 bits per heavy atom. The van der Waals surface area contributed by atoms with Gasteiger partial charge in [-0.3, -0.25) is 4.79 Å². The summed E-state index contributed by atoms with van der Waals surface area (Å²) in [5.41, 5.74) is 0. The molecule has 0 aromatic rings. The quantitative estimate of drug-likeness (QED) is 0.310. The van der Waals surface area contributed by atoms with Crippen molar-refractivity contribution in [2.24, 2.45) is 0 Å². The number of rotatable bonds is 7. The molecule has 0 aliphatic carbocycles. The van der Waals surface area contributed by atoms with Gasteiger partial charge >= 0.3 is 0 Å². The van der Waals surface area contributed by atoms with E-state index in [-0.39, 0.29) is 6.61 Å². The average Bonchev–Trinajstić information content (AvgIpc) is 2.03. The van der Waals surface area contributed by atoms with Crippen molar-refractivity contribution in [3.63, 3.8) is 0 Å². The highest BCUT2D eigenvalue weighted by Gasteiger charge is 2.03. The fourth-order valence-electron chi connectivity index (χ4n) is 0.599. The van der Waals surface area contributed by atoms with Crippen LogP contribution in [0.1, 0.15) is 19.8 Å². The number of unbranched alkanes of at least 4 members (excludes halogenated alkanes) is 1. The summed E-state index contributed by atoms with van der Waals surface area (Å²) in [5, 5.41) is 10.9. The molecule has 0 aliphatic rings. The molecule has 0 radical (unpaired) electrons. The largest absolute Gasteiger partial charge is 0.392 e. The van der Waals surface area contributed by atoms with Crippen LogP contribution >= 0.6 is 0 Å². The fourth-order valence-corrected chi connectivity index (χ4v) is 0.599. The monoisotopic (exact) mass is 161 g/mol. The smallest absolute Gasteiger partial charge is 0.209 e. The summed E-state index contributed by atoms with van der Waals surface area (Å²) in [6, 6.07) is 0. The zero-order chi connectivity index (χ0) is 8.53. The Balaban J connectivity index is 3.27. The van der Waals surface area contributed by atoms with Crippen LogP contribution in [0, 0.1) is 0 Å². The van der Waals surface area contributed by atoms with E-state index in [1.54, 1.807) is 0 Å². The summed E-state index contributed by atoms with van der Waals surface area (Å²) in [6.07, 6.45) is 1.96. The third-order valence-corrected chi connectivity index (χ3v) is 1.24. The van der Waals surface area contributed by atoms with Crippen LogP contribution in [0.3, 0.4) is 0 Å². The van der Waals surface area contributed by atoms with Gasteiger partial charge in [-0.05, 0) is 6.42 Å². The van der Waals surface area contributed by atoms with E-state index in [0.717, 1.165) is 12.8 Å². The van der Waals surface area contributed by atoms with Crippen LogP contribution in [0.25, 0.3) is 0 Å². The average molecular weight is 161 g/mol. The molecule has 0 rings (SSSR count). The van der Waals surface area contributed by atoms with Gasteiger partial charge in [0.25, 0.3) is 0 Å². The van der Waals surface area contributed by atoms with Gasteiger partial charge in [0.2, 0.25) is 6.41 Å². The molecule has 0 heterocycles.